The molecular weight excluding hydrogens is 258 g/mol. The first-order valence-corrected chi connectivity index (χ1v) is 7.73. The van der Waals surface area contributed by atoms with Crippen molar-refractivity contribution in [3.63, 3.8) is 0 Å². The van der Waals surface area contributed by atoms with E-state index in [9.17, 15) is 4.79 Å². The minimum atomic E-state index is -0.166. The molecule has 2 rings (SSSR count). The van der Waals surface area contributed by atoms with Crippen molar-refractivity contribution in [3.8, 4) is 0 Å². The van der Waals surface area contributed by atoms with Crippen LogP contribution in [0.25, 0.3) is 0 Å². The summed E-state index contributed by atoms with van der Waals surface area (Å²) >= 11 is 1.69. The van der Waals surface area contributed by atoms with Crippen molar-refractivity contribution in [1.82, 2.24) is 15.6 Å². The molecule has 0 bridgehead atoms. The molecule has 1 heterocycles. The SMILES string of the molecule is CC(NCc1csc(C(C)(C)C)n1)C(=O)NC1CC1. The molecule has 0 aromatic carbocycles. The molecule has 1 aromatic rings. The maximum Gasteiger partial charge on any atom is 0.237 e. The van der Waals surface area contributed by atoms with Gasteiger partial charge in [0, 0.05) is 23.4 Å². The molecule has 1 aromatic heterocycles. The Bertz CT molecular complexity index is 446. The van der Waals surface area contributed by atoms with E-state index in [2.05, 4.69) is 41.8 Å². The van der Waals surface area contributed by atoms with E-state index in [0.29, 0.717) is 12.6 Å². The van der Waals surface area contributed by atoms with Crippen LogP contribution in [0.3, 0.4) is 0 Å². The summed E-state index contributed by atoms with van der Waals surface area (Å²) in [6, 6.07) is 0.254. The summed E-state index contributed by atoms with van der Waals surface area (Å²) in [5.74, 6) is 0.0915. The van der Waals surface area contributed by atoms with Gasteiger partial charge in [-0.1, -0.05) is 20.8 Å². The Morgan fingerprint density at radius 2 is 2.21 bits per heavy atom. The number of carbonyl (C=O) groups is 1. The summed E-state index contributed by atoms with van der Waals surface area (Å²) in [6.45, 7) is 9.03. The van der Waals surface area contributed by atoms with Crippen LogP contribution in [0.15, 0.2) is 5.38 Å². The molecule has 1 fully saturated rings. The Hall–Kier alpha value is -0.940. The smallest absolute Gasteiger partial charge is 0.237 e. The van der Waals surface area contributed by atoms with Gasteiger partial charge in [0.2, 0.25) is 5.91 Å². The van der Waals surface area contributed by atoms with Crippen molar-refractivity contribution in [1.29, 1.82) is 0 Å². The van der Waals surface area contributed by atoms with Crippen molar-refractivity contribution in [3.05, 3.63) is 16.1 Å². The molecule has 2 N–H and O–H groups in total. The fourth-order valence-corrected chi connectivity index (χ4v) is 2.54. The molecule has 1 amide bonds. The highest BCUT2D eigenvalue weighted by atomic mass is 32.1. The average Bonchev–Trinajstić information content (AvgIpc) is 2.99. The van der Waals surface area contributed by atoms with Crippen LogP contribution in [0.5, 0.6) is 0 Å². The first-order valence-electron chi connectivity index (χ1n) is 6.85. The highest BCUT2D eigenvalue weighted by Crippen LogP contribution is 2.25. The molecule has 4 nitrogen and oxygen atoms in total. The van der Waals surface area contributed by atoms with E-state index in [1.54, 1.807) is 11.3 Å². The molecule has 106 valence electrons. The van der Waals surface area contributed by atoms with Gasteiger partial charge in [0.05, 0.1) is 16.7 Å². The number of nitrogens with zero attached hydrogens (tertiary/aromatic N) is 1. The van der Waals surface area contributed by atoms with Crippen molar-refractivity contribution in [2.75, 3.05) is 0 Å². The van der Waals surface area contributed by atoms with E-state index in [1.807, 2.05) is 6.92 Å². The minimum Gasteiger partial charge on any atom is -0.352 e. The average molecular weight is 281 g/mol. The third-order valence-corrected chi connectivity index (χ3v) is 4.42. The van der Waals surface area contributed by atoms with E-state index in [1.165, 1.54) is 0 Å². The number of hydrogen-bond donors (Lipinski definition) is 2. The predicted octanol–water partition coefficient (Wildman–Crippen LogP) is 2.20. The zero-order valence-electron chi connectivity index (χ0n) is 12.1. The molecule has 0 spiro atoms. The van der Waals surface area contributed by atoms with E-state index < -0.39 is 0 Å². The molecule has 1 atom stereocenters. The fourth-order valence-electron chi connectivity index (χ4n) is 1.64. The van der Waals surface area contributed by atoms with Gasteiger partial charge in [-0.3, -0.25) is 4.79 Å². The van der Waals surface area contributed by atoms with Crippen LogP contribution in [-0.2, 0) is 16.8 Å². The fraction of sp³-hybridized carbons (Fsp3) is 0.714. The highest BCUT2D eigenvalue weighted by Gasteiger charge is 2.25. The van der Waals surface area contributed by atoms with E-state index >= 15 is 0 Å². The lowest BCUT2D eigenvalue weighted by Crippen LogP contribution is -2.42. The molecule has 1 unspecified atom stereocenters. The summed E-state index contributed by atoms with van der Waals surface area (Å²) in [4.78, 5) is 16.4. The zero-order valence-corrected chi connectivity index (χ0v) is 12.9. The normalized spacial score (nSPS) is 17.3. The maximum atomic E-state index is 11.8. The van der Waals surface area contributed by atoms with E-state index in [4.69, 9.17) is 0 Å². The lowest BCUT2D eigenvalue weighted by atomic mass is 9.98. The zero-order chi connectivity index (χ0) is 14.0. The molecule has 1 saturated carbocycles. The van der Waals surface area contributed by atoms with Crippen molar-refractivity contribution in [2.24, 2.45) is 0 Å². The van der Waals surface area contributed by atoms with Crippen LogP contribution < -0.4 is 10.6 Å². The molecular formula is C14H23N3OS. The molecule has 0 radical (unpaired) electrons. The van der Waals surface area contributed by atoms with E-state index in [-0.39, 0.29) is 17.4 Å². The highest BCUT2D eigenvalue weighted by molar-refractivity contribution is 7.09. The molecule has 1 aliphatic carbocycles. The molecule has 5 heteroatoms. The quantitative estimate of drug-likeness (QED) is 0.870. The number of hydrogen-bond acceptors (Lipinski definition) is 4. The van der Waals surface area contributed by atoms with Crippen LogP contribution in [-0.4, -0.2) is 23.0 Å². The van der Waals surface area contributed by atoms with Crippen LogP contribution >= 0.6 is 11.3 Å². The standard InChI is InChI=1S/C14H23N3OS/c1-9(12(18)16-10-5-6-10)15-7-11-8-19-13(17-11)14(2,3)4/h8-10,15H,5-7H2,1-4H3,(H,16,18). The van der Waals surface area contributed by atoms with Gasteiger partial charge in [-0.25, -0.2) is 4.98 Å². The van der Waals surface area contributed by atoms with Crippen molar-refractivity contribution >= 4 is 17.2 Å². The Morgan fingerprint density at radius 3 is 2.74 bits per heavy atom. The van der Waals surface area contributed by atoms with Crippen molar-refractivity contribution < 1.29 is 4.79 Å². The number of aromatic nitrogens is 1. The number of carbonyl (C=O) groups excluding carboxylic acids is 1. The molecule has 1 aliphatic rings. The summed E-state index contributed by atoms with van der Waals surface area (Å²) in [6.07, 6.45) is 2.25. The topological polar surface area (TPSA) is 54.0 Å². The number of rotatable bonds is 5. The van der Waals surface area contributed by atoms with Gasteiger partial charge >= 0.3 is 0 Å². The van der Waals surface area contributed by atoms with Gasteiger partial charge in [-0.15, -0.1) is 11.3 Å². The molecule has 19 heavy (non-hydrogen) atoms. The van der Waals surface area contributed by atoms with Crippen LogP contribution in [0, 0.1) is 0 Å². The maximum absolute atomic E-state index is 11.8. The van der Waals surface area contributed by atoms with Gasteiger partial charge < -0.3 is 10.6 Å². The van der Waals surface area contributed by atoms with Gasteiger partial charge in [0.1, 0.15) is 0 Å². The van der Waals surface area contributed by atoms with Gasteiger partial charge in [-0.05, 0) is 19.8 Å². The van der Waals surface area contributed by atoms with Crippen LogP contribution in [0.4, 0.5) is 0 Å². The summed E-state index contributed by atoms with van der Waals surface area (Å²) < 4.78 is 0. The minimum absolute atomic E-state index is 0.0915. The second-order valence-corrected chi connectivity index (χ2v) is 7.14. The molecule has 0 saturated heterocycles. The Balaban J connectivity index is 1.81. The van der Waals surface area contributed by atoms with Crippen LogP contribution in [0.1, 0.15) is 51.2 Å². The van der Waals surface area contributed by atoms with Gasteiger partial charge in [-0.2, -0.15) is 0 Å². The Morgan fingerprint density at radius 1 is 1.53 bits per heavy atom. The van der Waals surface area contributed by atoms with Crippen molar-refractivity contribution in [2.45, 2.75) is 64.6 Å². The Labute approximate surface area is 119 Å². The lowest BCUT2D eigenvalue weighted by Gasteiger charge is -2.14. The second-order valence-electron chi connectivity index (χ2n) is 6.28. The lowest BCUT2D eigenvalue weighted by molar-refractivity contribution is -0.122. The summed E-state index contributed by atoms with van der Waals surface area (Å²) in [7, 11) is 0. The second kappa shape index (κ2) is 5.59. The number of thiazole rings is 1. The largest absolute Gasteiger partial charge is 0.352 e. The third-order valence-electron chi connectivity index (χ3n) is 3.10. The van der Waals surface area contributed by atoms with Crippen LogP contribution in [0.2, 0.25) is 0 Å². The van der Waals surface area contributed by atoms with Gasteiger partial charge in [0.15, 0.2) is 0 Å². The summed E-state index contributed by atoms with van der Waals surface area (Å²) in [5, 5.41) is 9.44. The predicted molar refractivity (Wildman–Crippen MR) is 78.3 cm³/mol. The number of amides is 1. The van der Waals surface area contributed by atoms with E-state index in [0.717, 1.165) is 23.5 Å². The first kappa shape index (κ1) is 14.5. The third kappa shape index (κ3) is 4.28. The monoisotopic (exact) mass is 281 g/mol. The molecule has 0 aliphatic heterocycles. The Kier molecular flexibility index (Phi) is 4.26. The van der Waals surface area contributed by atoms with Gasteiger partial charge in [0.25, 0.3) is 0 Å². The summed E-state index contributed by atoms with van der Waals surface area (Å²) in [5.41, 5.74) is 1.11. The first-order chi connectivity index (χ1) is 8.86. The number of nitrogens with one attached hydrogen (secondary N) is 2.